The van der Waals surface area contributed by atoms with Crippen LogP contribution in [-0.2, 0) is 21.2 Å². The van der Waals surface area contributed by atoms with Crippen LogP contribution in [0.2, 0.25) is 0 Å². The Kier molecular flexibility index (Phi) is 6.33. The fourth-order valence-electron chi connectivity index (χ4n) is 3.94. The number of hydrogen-bond acceptors (Lipinski definition) is 8. The molecule has 0 aliphatic carbocycles. The largest absolute Gasteiger partial charge is 0.339 e. The van der Waals surface area contributed by atoms with Crippen molar-refractivity contribution >= 4 is 49.1 Å². The molecule has 2 aliphatic heterocycles. The fourth-order valence-corrected chi connectivity index (χ4v) is 7.39. The number of fused-ring (bicyclic) bond motifs is 1. The molecule has 0 unspecified atom stereocenters. The van der Waals surface area contributed by atoms with Gasteiger partial charge in [-0.05, 0) is 17.9 Å². The van der Waals surface area contributed by atoms with Crippen LogP contribution in [0.5, 0.6) is 0 Å². The van der Waals surface area contributed by atoms with E-state index in [1.54, 1.807) is 10.6 Å². The lowest BCUT2D eigenvalue weighted by molar-refractivity contribution is -0.130. The highest BCUT2D eigenvalue weighted by molar-refractivity contribution is 7.99. The van der Waals surface area contributed by atoms with Crippen molar-refractivity contribution in [1.82, 2.24) is 19.4 Å². The van der Waals surface area contributed by atoms with Crippen LogP contribution in [0.3, 0.4) is 0 Å². The smallest absolute Gasteiger partial charge is 0.272 e. The van der Waals surface area contributed by atoms with Gasteiger partial charge in [0.15, 0.2) is 15.0 Å². The predicted octanol–water partition coefficient (Wildman–Crippen LogP) is 1.07. The van der Waals surface area contributed by atoms with Crippen LogP contribution in [0.15, 0.2) is 34.1 Å². The monoisotopic (exact) mass is 468 g/mol. The molecule has 1 atom stereocenters. The summed E-state index contributed by atoms with van der Waals surface area (Å²) in [6.45, 7) is 6.62. The Hall–Kier alpha value is -1.69. The molecule has 0 radical (unpaired) electrons. The summed E-state index contributed by atoms with van der Waals surface area (Å²) in [5.41, 5.74) is 0.547. The zero-order chi connectivity index (χ0) is 21.3. The first kappa shape index (κ1) is 21.5. The minimum atomic E-state index is -2.90. The third-order valence-corrected chi connectivity index (χ3v) is 9.16. The summed E-state index contributed by atoms with van der Waals surface area (Å²) in [5, 5.41) is 2.36. The number of nitrogens with zero attached hydrogens (tertiary/aromatic N) is 4. The van der Waals surface area contributed by atoms with Gasteiger partial charge in [0, 0.05) is 38.8 Å². The number of aromatic nitrogens is 2. The molecule has 11 heteroatoms. The van der Waals surface area contributed by atoms with Crippen LogP contribution < -0.4 is 5.56 Å². The van der Waals surface area contributed by atoms with Crippen LogP contribution in [0.25, 0.3) is 10.2 Å². The van der Waals surface area contributed by atoms with E-state index in [1.807, 2.05) is 16.3 Å². The average molecular weight is 469 g/mol. The van der Waals surface area contributed by atoms with E-state index in [0.717, 1.165) is 0 Å². The number of thioether (sulfide) groups is 1. The summed E-state index contributed by atoms with van der Waals surface area (Å²) < 4.78 is 25.6. The van der Waals surface area contributed by atoms with Gasteiger partial charge in [0.2, 0.25) is 5.91 Å². The summed E-state index contributed by atoms with van der Waals surface area (Å²) in [6, 6.07) is 1.89. The Labute approximate surface area is 183 Å². The molecule has 2 aromatic heterocycles. The van der Waals surface area contributed by atoms with Crippen molar-refractivity contribution in [2.75, 3.05) is 43.4 Å². The Bertz CT molecular complexity index is 1120. The van der Waals surface area contributed by atoms with E-state index >= 15 is 0 Å². The quantitative estimate of drug-likeness (QED) is 0.356. The second kappa shape index (κ2) is 8.81. The van der Waals surface area contributed by atoms with Crippen molar-refractivity contribution in [2.24, 2.45) is 0 Å². The van der Waals surface area contributed by atoms with Crippen molar-refractivity contribution in [3.63, 3.8) is 0 Å². The molecule has 4 rings (SSSR count). The van der Waals surface area contributed by atoms with Gasteiger partial charge in [0.1, 0.15) is 4.70 Å². The second-order valence-corrected chi connectivity index (χ2v) is 11.6. The SMILES string of the molecule is C=CCn1c(SCC(=O)N2CCN([C@H]3CCS(=O)(=O)C3)CC2)nc2ccsc2c1=O. The number of carbonyl (C=O) groups excluding carboxylic acids is 1. The van der Waals surface area contributed by atoms with Crippen molar-refractivity contribution in [3.8, 4) is 0 Å². The van der Waals surface area contributed by atoms with Gasteiger partial charge < -0.3 is 4.90 Å². The van der Waals surface area contributed by atoms with Gasteiger partial charge in [-0.1, -0.05) is 17.8 Å². The van der Waals surface area contributed by atoms with Crippen molar-refractivity contribution in [2.45, 2.75) is 24.2 Å². The first-order chi connectivity index (χ1) is 14.4. The van der Waals surface area contributed by atoms with Gasteiger partial charge in [-0.25, -0.2) is 13.4 Å². The summed E-state index contributed by atoms with van der Waals surface area (Å²) in [6.07, 6.45) is 2.33. The van der Waals surface area contributed by atoms with E-state index in [2.05, 4.69) is 16.5 Å². The molecule has 2 aromatic rings. The van der Waals surface area contributed by atoms with E-state index in [4.69, 9.17) is 0 Å². The molecule has 30 heavy (non-hydrogen) atoms. The Morgan fingerprint density at radius 1 is 1.33 bits per heavy atom. The van der Waals surface area contributed by atoms with E-state index < -0.39 is 9.84 Å². The van der Waals surface area contributed by atoms with Crippen LogP contribution in [0.4, 0.5) is 0 Å². The van der Waals surface area contributed by atoms with Crippen molar-refractivity contribution in [3.05, 3.63) is 34.5 Å². The highest BCUT2D eigenvalue weighted by Crippen LogP contribution is 2.22. The third kappa shape index (κ3) is 4.48. The number of allylic oxidation sites excluding steroid dienone is 1. The molecule has 4 heterocycles. The molecule has 0 aromatic carbocycles. The lowest BCUT2D eigenvalue weighted by Gasteiger charge is -2.37. The predicted molar refractivity (Wildman–Crippen MR) is 120 cm³/mol. The highest BCUT2D eigenvalue weighted by Gasteiger charge is 2.34. The summed E-state index contributed by atoms with van der Waals surface area (Å²) >= 11 is 2.63. The summed E-state index contributed by atoms with van der Waals surface area (Å²) in [4.78, 5) is 34.0. The molecular weight excluding hydrogens is 444 g/mol. The zero-order valence-electron chi connectivity index (χ0n) is 16.5. The van der Waals surface area contributed by atoms with Crippen LogP contribution in [-0.4, -0.2) is 83.2 Å². The van der Waals surface area contributed by atoms with Crippen LogP contribution in [0, 0.1) is 0 Å². The summed E-state index contributed by atoms with van der Waals surface area (Å²) in [7, 11) is -2.90. The van der Waals surface area contributed by atoms with Gasteiger partial charge in [0.05, 0.1) is 22.8 Å². The van der Waals surface area contributed by atoms with Crippen LogP contribution in [0.1, 0.15) is 6.42 Å². The third-order valence-electron chi connectivity index (χ3n) is 5.56. The number of carbonyl (C=O) groups is 1. The molecule has 0 spiro atoms. The van der Waals surface area contributed by atoms with Crippen LogP contribution >= 0.6 is 23.1 Å². The Balaban J connectivity index is 1.37. The standard InChI is InChI=1S/C19H24N4O4S3/c1-2-5-23-18(25)17-15(3-10-28-17)20-19(23)29-12-16(24)22-8-6-21(7-9-22)14-4-11-30(26,27)13-14/h2-3,10,14H,1,4-9,11-13H2/t14-/m0/s1. The van der Waals surface area contributed by atoms with Gasteiger partial charge in [-0.3, -0.25) is 19.1 Å². The lowest BCUT2D eigenvalue weighted by atomic mass is 10.2. The molecule has 0 saturated carbocycles. The molecular formula is C19H24N4O4S3. The highest BCUT2D eigenvalue weighted by atomic mass is 32.2. The van der Waals surface area contributed by atoms with Crippen molar-refractivity contribution < 1.29 is 13.2 Å². The number of hydrogen-bond donors (Lipinski definition) is 0. The minimum absolute atomic E-state index is 0.00325. The molecule has 162 valence electrons. The molecule has 8 nitrogen and oxygen atoms in total. The Morgan fingerprint density at radius 2 is 2.10 bits per heavy atom. The molecule has 2 fully saturated rings. The Morgan fingerprint density at radius 3 is 2.77 bits per heavy atom. The second-order valence-electron chi connectivity index (χ2n) is 7.50. The summed E-state index contributed by atoms with van der Waals surface area (Å²) in [5.74, 6) is 0.704. The average Bonchev–Trinajstić information content (AvgIpc) is 3.35. The number of piperazine rings is 1. The maximum Gasteiger partial charge on any atom is 0.272 e. The maximum atomic E-state index is 12.7. The maximum absolute atomic E-state index is 12.7. The lowest BCUT2D eigenvalue weighted by Crippen LogP contribution is -2.52. The molecule has 1 amide bonds. The van der Waals surface area contributed by atoms with Gasteiger partial charge in [-0.2, -0.15) is 0 Å². The van der Waals surface area contributed by atoms with E-state index in [9.17, 15) is 18.0 Å². The zero-order valence-corrected chi connectivity index (χ0v) is 19.0. The number of amides is 1. The van der Waals surface area contributed by atoms with Crippen molar-refractivity contribution in [1.29, 1.82) is 0 Å². The van der Waals surface area contributed by atoms with E-state index in [-0.39, 0.29) is 34.8 Å². The fraction of sp³-hybridized carbons (Fsp3) is 0.526. The minimum Gasteiger partial charge on any atom is -0.339 e. The van der Waals surface area contributed by atoms with E-state index in [0.29, 0.717) is 54.5 Å². The first-order valence-electron chi connectivity index (χ1n) is 9.82. The number of sulfone groups is 1. The van der Waals surface area contributed by atoms with E-state index in [1.165, 1.54) is 23.1 Å². The van der Waals surface area contributed by atoms with Gasteiger partial charge >= 0.3 is 0 Å². The normalized spacial score (nSPS) is 21.9. The molecule has 2 saturated heterocycles. The first-order valence-corrected chi connectivity index (χ1v) is 13.5. The van der Waals surface area contributed by atoms with Gasteiger partial charge in [-0.15, -0.1) is 17.9 Å². The molecule has 2 aliphatic rings. The number of rotatable bonds is 6. The van der Waals surface area contributed by atoms with Gasteiger partial charge in [0.25, 0.3) is 5.56 Å². The number of thiophene rings is 1. The molecule has 0 N–H and O–H groups in total. The topological polar surface area (TPSA) is 92.6 Å². The molecule has 0 bridgehead atoms.